The van der Waals surface area contributed by atoms with E-state index in [1.165, 1.54) is 0 Å². The molecule has 0 aliphatic heterocycles. The van der Waals surface area contributed by atoms with Crippen LogP contribution in [0.2, 0.25) is 0 Å². The molecule has 0 rings (SSSR count). The standard InChI is InChI=1S/C10H21NO3/c1-3-4-5-9(10(13)14)11-6-8(2)7-12/h8-9,11-12H,3-7H2,1-2H3,(H,13,14). The van der Waals surface area contributed by atoms with Gasteiger partial charge in [-0.25, -0.2) is 0 Å². The molecule has 0 saturated carbocycles. The van der Waals surface area contributed by atoms with Gasteiger partial charge in [-0.05, 0) is 12.3 Å². The number of carboxylic acid groups (broad SMARTS) is 1. The van der Waals surface area contributed by atoms with E-state index in [2.05, 4.69) is 5.32 Å². The van der Waals surface area contributed by atoms with Gasteiger partial charge in [0.15, 0.2) is 0 Å². The van der Waals surface area contributed by atoms with Crippen molar-refractivity contribution >= 4 is 5.97 Å². The summed E-state index contributed by atoms with van der Waals surface area (Å²) in [5.74, 6) is -0.693. The zero-order valence-corrected chi connectivity index (χ0v) is 8.99. The van der Waals surface area contributed by atoms with E-state index in [0.717, 1.165) is 12.8 Å². The summed E-state index contributed by atoms with van der Waals surface area (Å²) in [5, 5.41) is 20.6. The molecule has 0 heterocycles. The second-order valence-corrected chi connectivity index (χ2v) is 3.73. The molecule has 3 N–H and O–H groups in total. The normalized spacial score (nSPS) is 15.1. The Morgan fingerprint density at radius 3 is 2.57 bits per heavy atom. The second kappa shape index (κ2) is 7.76. The van der Waals surface area contributed by atoms with E-state index in [4.69, 9.17) is 10.2 Å². The Morgan fingerprint density at radius 1 is 1.50 bits per heavy atom. The van der Waals surface area contributed by atoms with Crippen molar-refractivity contribution in [1.82, 2.24) is 5.32 Å². The zero-order chi connectivity index (χ0) is 11.0. The molecule has 0 aliphatic carbocycles. The topological polar surface area (TPSA) is 69.6 Å². The smallest absolute Gasteiger partial charge is 0.320 e. The average molecular weight is 203 g/mol. The maximum absolute atomic E-state index is 10.8. The van der Waals surface area contributed by atoms with Gasteiger partial charge >= 0.3 is 5.97 Å². The van der Waals surface area contributed by atoms with Crippen LogP contribution in [-0.2, 0) is 4.79 Å². The third-order valence-electron chi connectivity index (χ3n) is 2.17. The maximum Gasteiger partial charge on any atom is 0.320 e. The molecule has 0 amide bonds. The van der Waals surface area contributed by atoms with Crippen LogP contribution in [0, 0.1) is 5.92 Å². The van der Waals surface area contributed by atoms with Gasteiger partial charge in [0, 0.05) is 13.2 Å². The highest BCUT2D eigenvalue weighted by Crippen LogP contribution is 2.01. The van der Waals surface area contributed by atoms with Crippen LogP contribution in [0.4, 0.5) is 0 Å². The fraction of sp³-hybridized carbons (Fsp3) is 0.900. The number of hydrogen-bond donors (Lipinski definition) is 3. The van der Waals surface area contributed by atoms with Gasteiger partial charge < -0.3 is 15.5 Å². The Bertz CT molecular complexity index is 161. The molecule has 0 radical (unpaired) electrons. The largest absolute Gasteiger partial charge is 0.480 e. The third-order valence-corrected chi connectivity index (χ3v) is 2.17. The summed E-state index contributed by atoms with van der Waals surface area (Å²) in [6.45, 7) is 4.56. The molecule has 2 atom stereocenters. The molecular formula is C10H21NO3. The van der Waals surface area contributed by atoms with Gasteiger partial charge in [0.2, 0.25) is 0 Å². The van der Waals surface area contributed by atoms with Crippen LogP contribution in [0.25, 0.3) is 0 Å². The summed E-state index contributed by atoms with van der Waals surface area (Å²) in [6, 6.07) is -0.469. The maximum atomic E-state index is 10.8. The minimum absolute atomic E-state index is 0.0904. The van der Waals surface area contributed by atoms with Crippen molar-refractivity contribution in [2.24, 2.45) is 5.92 Å². The molecular weight excluding hydrogens is 182 g/mol. The molecule has 2 unspecified atom stereocenters. The molecule has 0 saturated heterocycles. The molecule has 0 aliphatic rings. The Morgan fingerprint density at radius 2 is 2.14 bits per heavy atom. The summed E-state index contributed by atoms with van der Waals surface area (Å²) in [5.41, 5.74) is 0. The van der Waals surface area contributed by atoms with Crippen LogP contribution < -0.4 is 5.32 Å². The van der Waals surface area contributed by atoms with Gasteiger partial charge in [-0.15, -0.1) is 0 Å². The second-order valence-electron chi connectivity index (χ2n) is 3.73. The van der Waals surface area contributed by atoms with Crippen molar-refractivity contribution < 1.29 is 15.0 Å². The Hall–Kier alpha value is -0.610. The molecule has 4 heteroatoms. The fourth-order valence-electron chi connectivity index (χ4n) is 1.13. The van der Waals surface area contributed by atoms with Crippen molar-refractivity contribution in [2.75, 3.05) is 13.2 Å². The van der Waals surface area contributed by atoms with Crippen LogP contribution in [-0.4, -0.2) is 35.4 Å². The minimum atomic E-state index is -0.802. The highest BCUT2D eigenvalue weighted by atomic mass is 16.4. The molecule has 0 aromatic rings. The average Bonchev–Trinajstić information content (AvgIpc) is 2.16. The van der Waals surface area contributed by atoms with Crippen LogP contribution >= 0.6 is 0 Å². The first-order chi connectivity index (χ1) is 6.61. The number of aliphatic hydroxyl groups excluding tert-OH is 1. The summed E-state index contributed by atoms with van der Waals surface area (Å²) < 4.78 is 0. The van der Waals surface area contributed by atoms with Gasteiger partial charge in [-0.3, -0.25) is 4.79 Å². The molecule has 4 nitrogen and oxygen atoms in total. The first kappa shape index (κ1) is 13.4. The number of rotatable bonds is 8. The van der Waals surface area contributed by atoms with Gasteiger partial charge in [-0.2, -0.15) is 0 Å². The summed E-state index contributed by atoms with van der Waals surface area (Å²) in [4.78, 5) is 10.8. The van der Waals surface area contributed by atoms with Crippen LogP contribution in [0.15, 0.2) is 0 Å². The van der Waals surface area contributed by atoms with Crippen molar-refractivity contribution in [3.05, 3.63) is 0 Å². The number of carbonyl (C=O) groups is 1. The van der Waals surface area contributed by atoms with Crippen LogP contribution in [0.5, 0.6) is 0 Å². The summed E-state index contributed by atoms with van der Waals surface area (Å²) in [7, 11) is 0. The molecule has 84 valence electrons. The third kappa shape index (κ3) is 5.94. The monoisotopic (exact) mass is 203 g/mol. The Labute approximate surface area is 85.3 Å². The lowest BCUT2D eigenvalue weighted by molar-refractivity contribution is -0.139. The van der Waals surface area contributed by atoms with Gasteiger partial charge in [-0.1, -0.05) is 26.7 Å². The van der Waals surface area contributed by atoms with E-state index in [0.29, 0.717) is 13.0 Å². The summed E-state index contributed by atoms with van der Waals surface area (Å²) in [6.07, 6.45) is 2.57. The van der Waals surface area contributed by atoms with E-state index in [9.17, 15) is 4.79 Å². The molecule has 0 bridgehead atoms. The molecule has 14 heavy (non-hydrogen) atoms. The highest BCUT2D eigenvalue weighted by Gasteiger charge is 2.16. The lowest BCUT2D eigenvalue weighted by Gasteiger charge is -2.16. The first-order valence-corrected chi connectivity index (χ1v) is 5.18. The van der Waals surface area contributed by atoms with Crippen molar-refractivity contribution in [2.45, 2.75) is 39.2 Å². The fourth-order valence-corrected chi connectivity index (χ4v) is 1.13. The molecule has 0 spiro atoms. The van der Waals surface area contributed by atoms with Crippen LogP contribution in [0.1, 0.15) is 33.1 Å². The number of unbranched alkanes of at least 4 members (excludes halogenated alkanes) is 1. The molecule has 0 aromatic heterocycles. The highest BCUT2D eigenvalue weighted by molar-refractivity contribution is 5.73. The Balaban J connectivity index is 3.79. The van der Waals surface area contributed by atoms with Crippen molar-refractivity contribution in [3.63, 3.8) is 0 Å². The quantitative estimate of drug-likeness (QED) is 0.547. The summed E-state index contributed by atoms with van der Waals surface area (Å²) >= 11 is 0. The van der Waals surface area contributed by atoms with Crippen molar-refractivity contribution in [1.29, 1.82) is 0 Å². The predicted octanol–water partition coefficient (Wildman–Crippen LogP) is 0.848. The van der Waals surface area contributed by atoms with Gasteiger partial charge in [0.05, 0.1) is 0 Å². The SMILES string of the molecule is CCCCC(NCC(C)CO)C(=O)O. The van der Waals surface area contributed by atoms with Crippen LogP contribution in [0.3, 0.4) is 0 Å². The first-order valence-electron chi connectivity index (χ1n) is 5.18. The van der Waals surface area contributed by atoms with E-state index < -0.39 is 12.0 Å². The van der Waals surface area contributed by atoms with E-state index in [-0.39, 0.29) is 12.5 Å². The van der Waals surface area contributed by atoms with E-state index >= 15 is 0 Å². The van der Waals surface area contributed by atoms with E-state index in [1.807, 2.05) is 13.8 Å². The minimum Gasteiger partial charge on any atom is -0.480 e. The molecule has 0 aromatic carbocycles. The number of nitrogens with one attached hydrogen (secondary N) is 1. The lowest BCUT2D eigenvalue weighted by atomic mass is 10.1. The Kier molecular flexibility index (Phi) is 7.42. The predicted molar refractivity (Wildman–Crippen MR) is 55.2 cm³/mol. The zero-order valence-electron chi connectivity index (χ0n) is 8.99. The lowest BCUT2D eigenvalue weighted by Crippen LogP contribution is -2.39. The number of aliphatic carboxylic acids is 1. The number of aliphatic hydroxyl groups is 1. The van der Waals surface area contributed by atoms with E-state index in [1.54, 1.807) is 0 Å². The number of hydrogen-bond acceptors (Lipinski definition) is 3. The number of carboxylic acids is 1. The van der Waals surface area contributed by atoms with Gasteiger partial charge in [0.25, 0.3) is 0 Å². The van der Waals surface area contributed by atoms with Crippen molar-refractivity contribution in [3.8, 4) is 0 Å². The molecule has 0 fully saturated rings. The van der Waals surface area contributed by atoms with Gasteiger partial charge in [0.1, 0.15) is 6.04 Å².